The molecular weight excluding hydrogens is 294 g/mol. The maximum Gasteiger partial charge on any atom is 0.335 e. The van der Waals surface area contributed by atoms with Gasteiger partial charge in [0.05, 0.1) is 18.1 Å². The molecule has 1 aliphatic rings. The number of benzene rings is 1. The zero-order valence-corrected chi connectivity index (χ0v) is 13.4. The number of methoxy groups -OCH3 is 1. The van der Waals surface area contributed by atoms with Gasteiger partial charge in [0, 0.05) is 6.54 Å². The Morgan fingerprint density at radius 3 is 2.70 bits per heavy atom. The van der Waals surface area contributed by atoms with Crippen LogP contribution < -0.4 is 10.1 Å². The number of carboxylic acids is 1. The van der Waals surface area contributed by atoms with Gasteiger partial charge in [-0.05, 0) is 43.4 Å². The third kappa shape index (κ3) is 3.73. The molecule has 5 heteroatoms. The normalized spacial score (nSPS) is 15.3. The maximum atomic E-state index is 12.4. The van der Waals surface area contributed by atoms with Crippen molar-refractivity contribution in [2.45, 2.75) is 32.1 Å². The summed E-state index contributed by atoms with van der Waals surface area (Å²) < 4.78 is 5.24. The first-order valence-corrected chi connectivity index (χ1v) is 7.82. The molecule has 1 amide bonds. The molecule has 0 saturated heterocycles. The van der Waals surface area contributed by atoms with Crippen LogP contribution in [0.25, 0.3) is 0 Å². The SMILES string of the molecule is C=CCC1(C(=O)NCCc2ccc(C(=O)O)cc2OC)CCC1. The summed E-state index contributed by atoms with van der Waals surface area (Å²) in [7, 11) is 1.51. The second-order valence-corrected chi connectivity index (χ2v) is 5.96. The minimum atomic E-state index is -0.987. The van der Waals surface area contributed by atoms with Gasteiger partial charge in [-0.3, -0.25) is 4.79 Å². The van der Waals surface area contributed by atoms with E-state index in [2.05, 4.69) is 11.9 Å². The predicted molar refractivity (Wildman–Crippen MR) is 87.8 cm³/mol. The van der Waals surface area contributed by atoms with Crippen molar-refractivity contribution in [3.8, 4) is 5.75 Å². The number of allylic oxidation sites excluding steroid dienone is 1. The number of hydrogen-bond acceptors (Lipinski definition) is 3. The predicted octanol–water partition coefficient (Wildman–Crippen LogP) is 2.80. The summed E-state index contributed by atoms with van der Waals surface area (Å²) in [6.07, 6.45) is 6.05. The first-order chi connectivity index (χ1) is 11.0. The molecule has 23 heavy (non-hydrogen) atoms. The maximum absolute atomic E-state index is 12.4. The van der Waals surface area contributed by atoms with Crippen molar-refractivity contribution in [2.75, 3.05) is 13.7 Å². The van der Waals surface area contributed by atoms with Crippen molar-refractivity contribution >= 4 is 11.9 Å². The average Bonchev–Trinajstić information content (AvgIpc) is 2.50. The molecule has 0 bridgehead atoms. The first kappa shape index (κ1) is 17.1. The average molecular weight is 317 g/mol. The number of ether oxygens (including phenoxy) is 1. The van der Waals surface area contributed by atoms with Crippen molar-refractivity contribution in [1.29, 1.82) is 0 Å². The molecule has 124 valence electrons. The van der Waals surface area contributed by atoms with E-state index in [1.165, 1.54) is 13.2 Å². The van der Waals surface area contributed by atoms with Crippen molar-refractivity contribution in [3.63, 3.8) is 0 Å². The number of carboxylic acid groups (broad SMARTS) is 1. The Labute approximate surface area is 136 Å². The van der Waals surface area contributed by atoms with E-state index in [-0.39, 0.29) is 16.9 Å². The number of carbonyl (C=O) groups excluding carboxylic acids is 1. The Kier molecular flexibility index (Phi) is 5.42. The molecule has 2 N–H and O–H groups in total. The van der Waals surface area contributed by atoms with Crippen molar-refractivity contribution < 1.29 is 19.4 Å². The van der Waals surface area contributed by atoms with Gasteiger partial charge in [-0.2, -0.15) is 0 Å². The van der Waals surface area contributed by atoms with E-state index in [0.29, 0.717) is 18.7 Å². The third-order valence-electron chi connectivity index (χ3n) is 4.54. The summed E-state index contributed by atoms with van der Waals surface area (Å²) in [4.78, 5) is 23.3. The lowest BCUT2D eigenvalue weighted by Gasteiger charge is -2.39. The van der Waals surface area contributed by atoms with Crippen LogP contribution in [0.3, 0.4) is 0 Å². The molecule has 5 nitrogen and oxygen atoms in total. The Morgan fingerprint density at radius 2 is 2.17 bits per heavy atom. The quantitative estimate of drug-likeness (QED) is 0.723. The summed E-state index contributed by atoms with van der Waals surface area (Å²) in [6, 6.07) is 4.79. The topological polar surface area (TPSA) is 75.6 Å². The smallest absolute Gasteiger partial charge is 0.335 e. The summed E-state index contributed by atoms with van der Waals surface area (Å²) in [5, 5.41) is 12.0. The fourth-order valence-electron chi connectivity index (χ4n) is 2.99. The highest BCUT2D eigenvalue weighted by atomic mass is 16.5. The Morgan fingerprint density at radius 1 is 1.43 bits per heavy atom. The second-order valence-electron chi connectivity index (χ2n) is 5.96. The number of carbonyl (C=O) groups is 2. The number of rotatable bonds is 8. The zero-order valence-electron chi connectivity index (χ0n) is 13.4. The highest BCUT2D eigenvalue weighted by Crippen LogP contribution is 2.44. The van der Waals surface area contributed by atoms with E-state index in [0.717, 1.165) is 31.2 Å². The minimum absolute atomic E-state index is 0.0878. The fraction of sp³-hybridized carbons (Fsp3) is 0.444. The third-order valence-corrected chi connectivity index (χ3v) is 4.54. The van der Waals surface area contributed by atoms with E-state index in [1.807, 2.05) is 6.08 Å². The van der Waals surface area contributed by atoms with Gasteiger partial charge in [-0.15, -0.1) is 6.58 Å². The highest BCUT2D eigenvalue weighted by Gasteiger charge is 2.42. The summed E-state index contributed by atoms with van der Waals surface area (Å²) in [5.74, 6) is -0.368. The van der Waals surface area contributed by atoms with Crippen LogP contribution in [0.2, 0.25) is 0 Å². The van der Waals surface area contributed by atoms with E-state index < -0.39 is 5.97 Å². The van der Waals surface area contributed by atoms with Gasteiger partial charge in [0.1, 0.15) is 5.75 Å². The molecule has 1 aromatic carbocycles. The monoisotopic (exact) mass is 317 g/mol. The van der Waals surface area contributed by atoms with Crippen LogP contribution in [0.4, 0.5) is 0 Å². The number of amides is 1. The van der Waals surface area contributed by atoms with E-state index in [4.69, 9.17) is 9.84 Å². The molecule has 0 aliphatic heterocycles. The van der Waals surface area contributed by atoms with Crippen LogP contribution in [-0.4, -0.2) is 30.6 Å². The van der Waals surface area contributed by atoms with Crippen LogP contribution in [0.1, 0.15) is 41.6 Å². The van der Waals surface area contributed by atoms with Gasteiger partial charge in [-0.25, -0.2) is 4.79 Å². The molecule has 0 heterocycles. The molecular formula is C18H23NO4. The van der Waals surface area contributed by atoms with Gasteiger partial charge >= 0.3 is 5.97 Å². The van der Waals surface area contributed by atoms with Crippen LogP contribution >= 0.6 is 0 Å². The molecule has 0 aromatic heterocycles. The number of hydrogen-bond donors (Lipinski definition) is 2. The highest BCUT2D eigenvalue weighted by molar-refractivity contribution is 5.88. The molecule has 1 fully saturated rings. The van der Waals surface area contributed by atoms with Crippen LogP contribution in [-0.2, 0) is 11.2 Å². The van der Waals surface area contributed by atoms with Crippen molar-refractivity contribution in [3.05, 3.63) is 42.0 Å². The molecule has 1 saturated carbocycles. The molecule has 1 aliphatic carbocycles. The van der Waals surface area contributed by atoms with Crippen molar-refractivity contribution in [2.24, 2.45) is 5.41 Å². The second kappa shape index (κ2) is 7.31. The number of aromatic carboxylic acids is 1. The molecule has 0 spiro atoms. The van der Waals surface area contributed by atoms with E-state index in [1.54, 1.807) is 12.1 Å². The fourth-order valence-corrected chi connectivity index (χ4v) is 2.99. The Balaban J connectivity index is 1.94. The zero-order chi connectivity index (χ0) is 16.9. The van der Waals surface area contributed by atoms with Crippen molar-refractivity contribution in [1.82, 2.24) is 5.32 Å². The molecule has 2 rings (SSSR count). The lowest BCUT2D eigenvalue weighted by Crippen LogP contribution is -2.45. The molecule has 1 aromatic rings. The van der Waals surface area contributed by atoms with Crippen LogP contribution in [0.15, 0.2) is 30.9 Å². The minimum Gasteiger partial charge on any atom is -0.496 e. The molecule has 0 radical (unpaired) electrons. The summed E-state index contributed by atoms with van der Waals surface area (Å²) >= 11 is 0. The summed E-state index contributed by atoms with van der Waals surface area (Å²) in [5.41, 5.74) is 0.803. The van der Waals surface area contributed by atoms with Gasteiger partial charge in [0.25, 0.3) is 0 Å². The Hall–Kier alpha value is -2.30. The molecule has 0 atom stereocenters. The van der Waals surface area contributed by atoms with Crippen LogP contribution in [0, 0.1) is 5.41 Å². The van der Waals surface area contributed by atoms with Crippen LogP contribution in [0.5, 0.6) is 5.75 Å². The van der Waals surface area contributed by atoms with E-state index >= 15 is 0 Å². The van der Waals surface area contributed by atoms with Gasteiger partial charge in [0.2, 0.25) is 5.91 Å². The standard InChI is InChI=1S/C18H23NO4/c1-3-8-18(9-4-10-18)17(22)19-11-7-13-5-6-14(16(20)21)12-15(13)23-2/h3,5-6,12H,1,4,7-11H2,2H3,(H,19,22)(H,20,21). The van der Waals surface area contributed by atoms with Gasteiger partial charge in [-0.1, -0.05) is 18.6 Å². The lowest BCUT2D eigenvalue weighted by atomic mass is 9.66. The van der Waals surface area contributed by atoms with E-state index in [9.17, 15) is 9.59 Å². The number of nitrogens with one attached hydrogen (secondary N) is 1. The largest absolute Gasteiger partial charge is 0.496 e. The van der Waals surface area contributed by atoms with Gasteiger partial charge < -0.3 is 15.2 Å². The van der Waals surface area contributed by atoms with Gasteiger partial charge in [0.15, 0.2) is 0 Å². The molecule has 0 unspecified atom stereocenters. The lowest BCUT2D eigenvalue weighted by molar-refractivity contribution is -0.135. The first-order valence-electron chi connectivity index (χ1n) is 7.82. The summed E-state index contributed by atoms with van der Waals surface area (Å²) in [6.45, 7) is 4.24. The Bertz CT molecular complexity index is 605.